The molecule has 1 N–H and O–H groups in total. The lowest BCUT2D eigenvalue weighted by molar-refractivity contribution is -0.172. The van der Waals surface area contributed by atoms with Crippen molar-refractivity contribution in [1.82, 2.24) is 4.98 Å². The van der Waals surface area contributed by atoms with E-state index in [-0.39, 0.29) is 13.2 Å². The molecule has 1 aromatic heterocycles. The molecule has 0 atom stereocenters. The van der Waals surface area contributed by atoms with E-state index in [4.69, 9.17) is 11.6 Å². The van der Waals surface area contributed by atoms with Gasteiger partial charge in [-0.1, -0.05) is 11.6 Å². The highest BCUT2D eigenvalue weighted by atomic mass is 35.5. The molecular formula is C9H10ClF3N2O. The van der Waals surface area contributed by atoms with Gasteiger partial charge in [-0.25, -0.2) is 4.98 Å². The number of aromatic nitrogens is 1. The molecule has 0 aliphatic rings. The second-order valence-electron chi connectivity index (χ2n) is 2.96. The van der Waals surface area contributed by atoms with Crippen molar-refractivity contribution in [1.29, 1.82) is 0 Å². The van der Waals surface area contributed by atoms with Gasteiger partial charge in [0, 0.05) is 18.4 Å². The summed E-state index contributed by atoms with van der Waals surface area (Å²) in [6.07, 6.45) is -2.78. The molecule has 0 radical (unpaired) electrons. The molecule has 0 aliphatic carbocycles. The van der Waals surface area contributed by atoms with Crippen LogP contribution in [0.4, 0.5) is 18.9 Å². The lowest BCUT2D eigenvalue weighted by atomic mass is 10.4. The molecule has 0 aliphatic heterocycles. The van der Waals surface area contributed by atoms with Gasteiger partial charge in [-0.3, -0.25) is 0 Å². The van der Waals surface area contributed by atoms with E-state index in [0.717, 1.165) is 0 Å². The summed E-state index contributed by atoms with van der Waals surface area (Å²) in [5.74, 6) is 0. The Hall–Kier alpha value is -1.01. The van der Waals surface area contributed by atoms with E-state index in [2.05, 4.69) is 15.0 Å². The maximum absolute atomic E-state index is 11.7. The molecule has 0 aromatic carbocycles. The van der Waals surface area contributed by atoms with Crippen LogP contribution in [0.2, 0.25) is 5.15 Å². The Kier molecular flexibility index (Phi) is 4.82. The van der Waals surface area contributed by atoms with Crippen LogP contribution < -0.4 is 5.32 Å². The van der Waals surface area contributed by atoms with Crippen molar-refractivity contribution in [3.05, 3.63) is 23.5 Å². The van der Waals surface area contributed by atoms with Crippen molar-refractivity contribution >= 4 is 17.3 Å². The van der Waals surface area contributed by atoms with E-state index < -0.39 is 12.8 Å². The zero-order chi connectivity index (χ0) is 12.0. The van der Waals surface area contributed by atoms with E-state index in [1.54, 1.807) is 12.1 Å². The van der Waals surface area contributed by atoms with Gasteiger partial charge < -0.3 is 10.1 Å². The zero-order valence-corrected chi connectivity index (χ0v) is 8.98. The number of hydrogen-bond donors (Lipinski definition) is 1. The Balaban J connectivity index is 2.17. The first-order valence-electron chi connectivity index (χ1n) is 4.47. The molecule has 3 nitrogen and oxygen atoms in total. The van der Waals surface area contributed by atoms with Gasteiger partial charge in [0.15, 0.2) is 0 Å². The highest BCUT2D eigenvalue weighted by Crippen LogP contribution is 2.14. The predicted octanol–water partition coefficient (Wildman–Crippen LogP) is 2.73. The molecule has 0 saturated carbocycles. The molecule has 1 aromatic rings. The number of halogens is 4. The van der Waals surface area contributed by atoms with Crippen LogP contribution in [0.15, 0.2) is 18.3 Å². The molecule has 0 bridgehead atoms. The van der Waals surface area contributed by atoms with Crippen LogP contribution in [-0.2, 0) is 4.74 Å². The molecule has 1 rings (SSSR count). The topological polar surface area (TPSA) is 34.1 Å². The van der Waals surface area contributed by atoms with E-state index in [9.17, 15) is 13.2 Å². The Bertz CT molecular complexity index is 333. The Morgan fingerprint density at radius 2 is 2.19 bits per heavy atom. The molecule has 7 heteroatoms. The van der Waals surface area contributed by atoms with Crippen molar-refractivity contribution in [2.24, 2.45) is 0 Å². The predicted molar refractivity (Wildman–Crippen MR) is 54.6 cm³/mol. The summed E-state index contributed by atoms with van der Waals surface area (Å²) in [6, 6.07) is 3.24. The van der Waals surface area contributed by atoms with Crippen molar-refractivity contribution in [2.45, 2.75) is 6.18 Å². The lowest BCUT2D eigenvalue weighted by Gasteiger charge is -2.09. The van der Waals surface area contributed by atoms with Crippen LogP contribution in [0.3, 0.4) is 0 Å². The minimum atomic E-state index is -4.28. The van der Waals surface area contributed by atoms with Gasteiger partial charge in [-0.15, -0.1) is 0 Å². The highest BCUT2D eigenvalue weighted by Gasteiger charge is 2.27. The summed E-state index contributed by atoms with van der Waals surface area (Å²) in [4.78, 5) is 3.76. The normalized spacial score (nSPS) is 11.5. The summed E-state index contributed by atoms with van der Waals surface area (Å²) >= 11 is 5.61. The fraction of sp³-hybridized carbons (Fsp3) is 0.444. The van der Waals surface area contributed by atoms with E-state index in [1.807, 2.05) is 0 Å². The van der Waals surface area contributed by atoms with Crippen LogP contribution in [0, 0.1) is 0 Å². The number of nitrogens with one attached hydrogen (secondary N) is 1. The summed E-state index contributed by atoms with van der Waals surface area (Å²) in [6.45, 7) is -0.984. The van der Waals surface area contributed by atoms with Gasteiger partial charge in [0.05, 0.1) is 6.61 Å². The number of pyridine rings is 1. The van der Waals surface area contributed by atoms with Gasteiger partial charge in [0.1, 0.15) is 11.8 Å². The monoisotopic (exact) mass is 254 g/mol. The lowest BCUT2D eigenvalue weighted by Crippen LogP contribution is -2.20. The van der Waals surface area contributed by atoms with Gasteiger partial charge in [0.25, 0.3) is 0 Å². The van der Waals surface area contributed by atoms with Crippen LogP contribution >= 0.6 is 11.6 Å². The average molecular weight is 255 g/mol. The Morgan fingerprint density at radius 3 is 2.81 bits per heavy atom. The summed E-state index contributed by atoms with van der Waals surface area (Å²) in [5.41, 5.74) is 0.690. The quantitative estimate of drug-likeness (QED) is 0.648. The third-order valence-electron chi connectivity index (χ3n) is 1.57. The SMILES string of the molecule is FC(F)(F)COCCNc1ccnc(Cl)c1. The molecule has 0 saturated heterocycles. The molecule has 0 unspecified atom stereocenters. The van der Waals surface area contributed by atoms with Gasteiger partial charge >= 0.3 is 6.18 Å². The van der Waals surface area contributed by atoms with E-state index in [1.165, 1.54) is 6.20 Å². The second-order valence-corrected chi connectivity index (χ2v) is 3.35. The molecule has 0 fully saturated rings. The van der Waals surface area contributed by atoms with E-state index in [0.29, 0.717) is 10.8 Å². The average Bonchev–Trinajstić information content (AvgIpc) is 2.15. The van der Waals surface area contributed by atoms with Crippen LogP contribution in [0.25, 0.3) is 0 Å². The molecule has 1 heterocycles. The first-order valence-corrected chi connectivity index (χ1v) is 4.85. The minimum Gasteiger partial charge on any atom is -0.383 e. The fourth-order valence-corrected chi connectivity index (χ4v) is 1.14. The van der Waals surface area contributed by atoms with Gasteiger partial charge in [-0.05, 0) is 12.1 Å². The smallest absolute Gasteiger partial charge is 0.383 e. The first-order chi connectivity index (χ1) is 7.47. The maximum Gasteiger partial charge on any atom is 0.411 e. The van der Waals surface area contributed by atoms with Crippen molar-refractivity contribution in [3.63, 3.8) is 0 Å². The Labute approximate surface area is 95.6 Å². The van der Waals surface area contributed by atoms with Crippen LogP contribution in [0.5, 0.6) is 0 Å². The molecule has 0 spiro atoms. The number of nitrogens with zero attached hydrogens (tertiary/aromatic N) is 1. The molecule has 16 heavy (non-hydrogen) atoms. The largest absolute Gasteiger partial charge is 0.411 e. The summed E-state index contributed by atoms with van der Waals surface area (Å²) < 4.78 is 39.5. The number of hydrogen-bond acceptors (Lipinski definition) is 3. The zero-order valence-electron chi connectivity index (χ0n) is 8.22. The van der Waals surface area contributed by atoms with Crippen molar-refractivity contribution in [3.8, 4) is 0 Å². The number of ether oxygens (including phenoxy) is 1. The molecule has 0 amide bonds. The maximum atomic E-state index is 11.7. The molecule has 90 valence electrons. The number of anilines is 1. The van der Waals surface area contributed by atoms with Crippen LogP contribution in [-0.4, -0.2) is 30.9 Å². The van der Waals surface area contributed by atoms with Crippen molar-refractivity contribution in [2.75, 3.05) is 25.1 Å². The summed E-state index contributed by atoms with van der Waals surface area (Å²) in [7, 11) is 0. The van der Waals surface area contributed by atoms with Gasteiger partial charge in [-0.2, -0.15) is 13.2 Å². The second kappa shape index (κ2) is 5.91. The van der Waals surface area contributed by atoms with Crippen LogP contribution in [0.1, 0.15) is 0 Å². The van der Waals surface area contributed by atoms with Gasteiger partial charge in [0.2, 0.25) is 0 Å². The number of alkyl halides is 3. The van der Waals surface area contributed by atoms with E-state index >= 15 is 0 Å². The fourth-order valence-electron chi connectivity index (χ4n) is 0.968. The molecular weight excluding hydrogens is 245 g/mol. The standard InChI is InChI=1S/C9H10ClF3N2O/c10-8-5-7(1-2-15-8)14-3-4-16-6-9(11,12)13/h1-2,5H,3-4,6H2,(H,14,15). The third kappa shape index (κ3) is 5.77. The minimum absolute atomic E-state index is 0.0283. The Morgan fingerprint density at radius 1 is 1.44 bits per heavy atom. The number of rotatable bonds is 5. The highest BCUT2D eigenvalue weighted by molar-refractivity contribution is 6.29. The summed E-state index contributed by atoms with van der Waals surface area (Å²) in [5, 5.41) is 3.18. The van der Waals surface area contributed by atoms with Crippen molar-refractivity contribution < 1.29 is 17.9 Å². The third-order valence-corrected chi connectivity index (χ3v) is 1.77. The first kappa shape index (κ1) is 13.1.